The topological polar surface area (TPSA) is 86.8 Å². The zero-order valence-corrected chi connectivity index (χ0v) is 25.9. The first-order chi connectivity index (χ1) is 19.1. The third kappa shape index (κ3) is 8.17. The highest BCUT2D eigenvalue weighted by Gasteiger charge is 2.33. The molecule has 214 valence electrons. The van der Waals surface area contributed by atoms with Crippen LogP contribution in [0.15, 0.2) is 88.2 Å². The molecule has 2 atom stereocenters. The van der Waals surface area contributed by atoms with E-state index < -0.39 is 28.5 Å². The molecule has 0 radical (unpaired) electrons. The van der Waals surface area contributed by atoms with Gasteiger partial charge in [0.25, 0.3) is 10.0 Å². The van der Waals surface area contributed by atoms with Gasteiger partial charge in [0.05, 0.1) is 10.6 Å². The number of sulfonamides is 1. The second kappa shape index (κ2) is 14.5. The van der Waals surface area contributed by atoms with E-state index in [-0.39, 0.29) is 23.4 Å². The van der Waals surface area contributed by atoms with Crippen molar-refractivity contribution in [1.82, 2.24) is 10.2 Å². The number of halogens is 1. The summed E-state index contributed by atoms with van der Waals surface area (Å²) >= 11 is 3.42. The standard InChI is InChI=1S/C31H38BrN3O4S/c1-5-24(4)33-31(37)29(6-2)34(20-19-25-11-8-7-9-12-25)30(36)22-35(27-14-10-13-26(32)21-27)40(38,39)28-17-15-23(3)16-18-28/h7-18,21,24,29H,5-6,19-20,22H2,1-4H3,(H,33,37)/t24-,29+/m1/s1. The first kappa shape index (κ1) is 31.4. The van der Waals surface area contributed by atoms with Gasteiger partial charge in [0.1, 0.15) is 12.6 Å². The summed E-state index contributed by atoms with van der Waals surface area (Å²) in [6.45, 7) is 7.46. The Bertz CT molecular complexity index is 1380. The lowest BCUT2D eigenvalue weighted by atomic mass is 10.1. The van der Waals surface area contributed by atoms with Crippen LogP contribution in [0.2, 0.25) is 0 Å². The van der Waals surface area contributed by atoms with Gasteiger partial charge < -0.3 is 10.2 Å². The first-order valence-corrected chi connectivity index (χ1v) is 15.8. The summed E-state index contributed by atoms with van der Waals surface area (Å²) in [7, 11) is -4.09. The molecule has 0 saturated carbocycles. The largest absolute Gasteiger partial charge is 0.352 e. The Hall–Kier alpha value is -3.17. The Kier molecular flexibility index (Phi) is 11.3. The number of amides is 2. The van der Waals surface area contributed by atoms with Crippen LogP contribution in [0.3, 0.4) is 0 Å². The fourth-order valence-electron chi connectivity index (χ4n) is 4.33. The van der Waals surface area contributed by atoms with Gasteiger partial charge >= 0.3 is 0 Å². The van der Waals surface area contributed by atoms with E-state index in [1.807, 2.05) is 58.0 Å². The van der Waals surface area contributed by atoms with Gasteiger partial charge in [-0.3, -0.25) is 13.9 Å². The van der Waals surface area contributed by atoms with Gasteiger partial charge in [0.15, 0.2) is 0 Å². The zero-order valence-electron chi connectivity index (χ0n) is 23.5. The summed E-state index contributed by atoms with van der Waals surface area (Å²) in [4.78, 5) is 29.0. The molecule has 0 saturated heterocycles. The number of rotatable bonds is 13. The lowest BCUT2D eigenvalue weighted by molar-refractivity contribution is -0.139. The molecule has 3 rings (SSSR count). The van der Waals surface area contributed by atoms with Crippen molar-refractivity contribution in [3.8, 4) is 0 Å². The van der Waals surface area contributed by atoms with Crippen molar-refractivity contribution in [1.29, 1.82) is 0 Å². The molecule has 0 aliphatic carbocycles. The number of carbonyl (C=O) groups is 2. The first-order valence-electron chi connectivity index (χ1n) is 13.6. The highest BCUT2D eigenvalue weighted by molar-refractivity contribution is 9.10. The second-order valence-corrected chi connectivity index (χ2v) is 12.6. The van der Waals surface area contributed by atoms with Gasteiger partial charge in [-0.05, 0) is 69.0 Å². The molecule has 0 aliphatic heterocycles. The maximum Gasteiger partial charge on any atom is 0.264 e. The summed E-state index contributed by atoms with van der Waals surface area (Å²) in [5.41, 5.74) is 2.30. The Labute approximate surface area is 246 Å². The van der Waals surface area contributed by atoms with E-state index in [2.05, 4.69) is 21.2 Å². The van der Waals surface area contributed by atoms with E-state index in [4.69, 9.17) is 0 Å². The number of nitrogens with zero attached hydrogens (tertiary/aromatic N) is 2. The second-order valence-electron chi connectivity index (χ2n) is 9.87. The summed E-state index contributed by atoms with van der Waals surface area (Å²) < 4.78 is 29.6. The fourth-order valence-corrected chi connectivity index (χ4v) is 6.13. The minimum atomic E-state index is -4.09. The van der Waals surface area contributed by atoms with Crippen molar-refractivity contribution in [2.45, 2.75) is 63.9 Å². The maximum absolute atomic E-state index is 14.1. The molecular formula is C31H38BrN3O4S. The van der Waals surface area contributed by atoms with Crippen LogP contribution in [0.5, 0.6) is 0 Å². The van der Waals surface area contributed by atoms with Crippen molar-refractivity contribution < 1.29 is 18.0 Å². The lowest BCUT2D eigenvalue weighted by Crippen LogP contribution is -2.54. The molecular weight excluding hydrogens is 590 g/mol. The van der Waals surface area contributed by atoms with Crippen LogP contribution in [-0.4, -0.2) is 50.3 Å². The van der Waals surface area contributed by atoms with Crippen LogP contribution in [0.1, 0.15) is 44.7 Å². The molecule has 0 aliphatic rings. The number of anilines is 1. The van der Waals surface area contributed by atoms with Crippen molar-refractivity contribution in [2.24, 2.45) is 0 Å². The monoisotopic (exact) mass is 627 g/mol. The summed E-state index contributed by atoms with van der Waals surface area (Å²) in [6.07, 6.45) is 1.68. The van der Waals surface area contributed by atoms with Crippen LogP contribution in [0, 0.1) is 6.92 Å². The zero-order chi connectivity index (χ0) is 29.3. The van der Waals surface area contributed by atoms with Gasteiger partial charge in [-0.15, -0.1) is 0 Å². The van der Waals surface area contributed by atoms with E-state index in [1.54, 1.807) is 48.5 Å². The number of carbonyl (C=O) groups excluding carboxylic acids is 2. The smallest absolute Gasteiger partial charge is 0.264 e. The third-order valence-electron chi connectivity index (χ3n) is 6.86. The summed E-state index contributed by atoms with van der Waals surface area (Å²) in [6, 6.07) is 22.3. The van der Waals surface area contributed by atoms with E-state index in [0.717, 1.165) is 21.9 Å². The molecule has 3 aromatic rings. The van der Waals surface area contributed by atoms with Crippen molar-refractivity contribution in [3.63, 3.8) is 0 Å². The maximum atomic E-state index is 14.1. The Morgan fingerprint density at radius 2 is 1.60 bits per heavy atom. The lowest BCUT2D eigenvalue weighted by Gasteiger charge is -2.33. The van der Waals surface area contributed by atoms with Crippen LogP contribution in [0.25, 0.3) is 0 Å². The van der Waals surface area contributed by atoms with Crippen molar-refractivity contribution >= 4 is 43.5 Å². The molecule has 2 amide bonds. The van der Waals surface area contributed by atoms with E-state index in [1.165, 1.54) is 4.90 Å². The van der Waals surface area contributed by atoms with Crippen molar-refractivity contribution in [2.75, 3.05) is 17.4 Å². The van der Waals surface area contributed by atoms with E-state index >= 15 is 0 Å². The van der Waals surface area contributed by atoms with Gasteiger partial charge in [-0.25, -0.2) is 8.42 Å². The minimum absolute atomic E-state index is 0.0484. The van der Waals surface area contributed by atoms with Crippen LogP contribution >= 0.6 is 15.9 Å². The Morgan fingerprint density at radius 3 is 2.20 bits per heavy atom. The summed E-state index contributed by atoms with van der Waals surface area (Å²) in [5, 5.41) is 3.00. The Balaban J connectivity index is 2.01. The highest BCUT2D eigenvalue weighted by Crippen LogP contribution is 2.27. The average Bonchev–Trinajstić information content (AvgIpc) is 2.94. The van der Waals surface area contributed by atoms with E-state index in [9.17, 15) is 18.0 Å². The minimum Gasteiger partial charge on any atom is -0.352 e. The number of benzene rings is 3. The van der Waals surface area contributed by atoms with Gasteiger partial charge in [0.2, 0.25) is 11.8 Å². The van der Waals surface area contributed by atoms with Gasteiger partial charge in [0, 0.05) is 17.1 Å². The van der Waals surface area contributed by atoms with Crippen LogP contribution in [-0.2, 0) is 26.0 Å². The van der Waals surface area contributed by atoms with Crippen LogP contribution < -0.4 is 9.62 Å². The Morgan fingerprint density at radius 1 is 0.925 bits per heavy atom. The van der Waals surface area contributed by atoms with Gasteiger partial charge in [-0.2, -0.15) is 0 Å². The van der Waals surface area contributed by atoms with Crippen LogP contribution in [0.4, 0.5) is 5.69 Å². The molecule has 1 N–H and O–H groups in total. The number of aryl methyl sites for hydroxylation is 1. The highest BCUT2D eigenvalue weighted by atomic mass is 79.9. The number of hydrogen-bond acceptors (Lipinski definition) is 4. The number of hydrogen-bond donors (Lipinski definition) is 1. The molecule has 0 aromatic heterocycles. The molecule has 0 bridgehead atoms. The molecule has 0 unspecified atom stereocenters. The molecule has 9 heteroatoms. The summed E-state index contributed by atoms with van der Waals surface area (Å²) in [5.74, 6) is -0.689. The van der Waals surface area contributed by atoms with Crippen molar-refractivity contribution in [3.05, 3.63) is 94.5 Å². The average molecular weight is 629 g/mol. The van der Waals surface area contributed by atoms with E-state index in [0.29, 0.717) is 23.0 Å². The predicted octanol–water partition coefficient (Wildman–Crippen LogP) is 5.72. The third-order valence-corrected chi connectivity index (χ3v) is 9.14. The molecule has 0 spiro atoms. The SMILES string of the molecule is CC[C@@H](C)NC(=O)[C@H](CC)N(CCc1ccccc1)C(=O)CN(c1cccc(Br)c1)S(=O)(=O)c1ccc(C)cc1. The quantitative estimate of drug-likeness (QED) is 0.263. The molecule has 0 fully saturated rings. The number of nitrogens with one attached hydrogen (secondary N) is 1. The van der Waals surface area contributed by atoms with Gasteiger partial charge in [-0.1, -0.05) is 83.9 Å². The molecule has 7 nitrogen and oxygen atoms in total. The predicted molar refractivity (Wildman–Crippen MR) is 164 cm³/mol. The fraction of sp³-hybridized carbons (Fsp3) is 0.355. The molecule has 40 heavy (non-hydrogen) atoms. The molecule has 3 aromatic carbocycles. The molecule has 0 heterocycles. The normalized spacial score (nSPS) is 12.8.